The summed E-state index contributed by atoms with van der Waals surface area (Å²) in [6, 6.07) is 8.96. The highest BCUT2D eigenvalue weighted by molar-refractivity contribution is 5.97. The summed E-state index contributed by atoms with van der Waals surface area (Å²) < 4.78 is 17.7. The van der Waals surface area contributed by atoms with Gasteiger partial charge in [0.2, 0.25) is 0 Å². The van der Waals surface area contributed by atoms with Crippen LogP contribution in [-0.2, 0) is 6.42 Å². The lowest BCUT2D eigenvalue weighted by Crippen LogP contribution is -2.02. The van der Waals surface area contributed by atoms with Gasteiger partial charge >= 0.3 is 0 Å². The predicted octanol–water partition coefficient (Wildman–Crippen LogP) is 2.84. The quantitative estimate of drug-likeness (QED) is 0.719. The molecule has 2 aromatic rings. The summed E-state index contributed by atoms with van der Waals surface area (Å²) in [6.45, 7) is 0. The topological polar surface area (TPSA) is 30.2 Å². The van der Waals surface area contributed by atoms with Crippen LogP contribution in [0.2, 0.25) is 0 Å². The molecule has 1 aromatic carbocycles. The van der Waals surface area contributed by atoms with Crippen molar-refractivity contribution in [3.8, 4) is 0 Å². The molecule has 0 atom stereocenters. The van der Waals surface area contributed by atoms with Crippen molar-refractivity contribution >= 4 is 5.78 Å². The normalized spacial score (nSPS) is 10.2. The van der Waals surface area contributed by atoms with E-state index in [1.54, 1.807) is 12.1 Å². The monoisotopic (exact) mass is 204 g/mol. The van der Waals surface area contributed by atoms with E-state index < -0.39 is 0 Å². The molecular weight excluding hydrogens is 195 g/mol. The third-order valence-electron chi connectivity index (χ3n) is 2.08. The number of rotatable bonds is 3. The van der Waals surface area contributed by atoms with Crippen LogP contribution in [0, 0.1) is 5.82 Å². The maximum absolute atomic E-state index is 12.6. The Morgan fingerprint density at radius 2 is 1.93 bits per heavy atom. The summed E-state index contributed by atoms with van der Waals surface area (Å²) in [4.78, 5) is 11.6. The Labute approximate surface area is 86.3 Å². The summed E-state index contributed by atoms with van der Waals surface area (Å²) in [6.07, 6.45) is 1.73. The first kappa shape index (κ1) is 9.65. The summed E-state index contributed by atoms with van der Waals surface area (Å²) in [7, 11) is 0. The first-order valence-electron chi connectivity index (χ1n) is 4.57. The molecule has 2 rings (SSSR count). The van der Waals surface area contributed by atoms with Gasteiger partial charge in [-0.3, -0.25) is 4.79 Å². The fourth-order valence-electron chi connectivity index (χ4n) is 1.31. The van der Waals surface area contributed by atoms with E-state index >= 15 is 0 Å². The molecule has 3 heteroatoms. The predicted molar refractivity (Wildman–Crippen MR) is 53.1 cm³/mol. The van der Waals surface area contributed by atoms with Crippen molar-refractivity contribution in [2.24, 2.45) is 0 Å². The molecule has 0 aliphatic rings. The van der Waals surface area contributed by atoms with Crippen LogP contribution in [-0.4, -0.2) is 5.78 Å². The van der Waals surface area contributed by atoms with Crippen LogP contribution in [0.25, 0.3) is 0 Å². The van der Waals surface area contributed by atoms with Gasteiger partial charge in [0.15, 0.2) is 5.78 Å². The van der Waals surface area contributed by atoms with Gasteiger partial charge in [0.05, 0.1) is 12.7 Å². The van der Waals surface area contributed by atoms with Gasteiger partial charge in [-0.2, -0.15) is 0 Å². The van der Waals surface area contributed by atoms with Crippen LogP contribution < -0.4 is 0 Å². The van der Waals surface area contributed by atoms with Gasteiger partial charge in [-0.15, -0.1) is 0 Å². The standard InChI is InChI=1S/C12H9FO2/c13-10-5-3-9(4-6-10)12(14)8-11-2-1-7-15-11/h1-7H,8H2. The zero-order valence-corrected chi connectivity index (χ0v) is 7.94. The Morgan fingerprint density at radius 3 is 2.53 bits per heavy atom. The van der Waals surface area contributed by atoms with E-state index in [0.29, 0.717) is 11.3 Å². The van der Waals surface area contributed by atoms with Crippen LogP contribution in [0.4, 0.5) is 4.39 Å². The van der Waals surface area contributed by atoms with Crippen LogP contribution >= 0.6 is 0 Å². The molecule has 0 unspecified atom stereocenters. The number of Topliss-reactive ketones (excluding diaryl/α,β-unsaturated/α-hetero) is 1. The number of hydrogen-bond acceptors (Lipinski definition) is 2. The molecular formula is C12H9FO2. The van der Waals surface area contributed by atoms with Gasteiger partial charge in [-0.1, -0.05) is 0 Å². The lowest BCUT2D eigenvalue weighted by Gasteiger charge is -1.98. The molecule has 0 saturated carbocycles. The molecule has 1 heterocycles. The molecule has 15 heavy (non-hydrogen) atoms. The van der Waals surface area contributed by atoms with E-state index in [2.05, 4.69) is 0 Å². The number of carbonyl (C=O) groups excluding carboxylic acids is 1. The molecule has 0 fully saturated rings. The molecule has 2 nitrogen and oxygen atoms in total. The third-order valence-corrected chi connectivity index (χ3v) is 2.08. The minimum absolute atomic E-state index is 0.0787. The van der Waals surface area contributed by atoms with E-state index in [9.17, 15) is 9.18 Å². The number of furan rings is 1. The van der Waals surface area contributed by atoms with E-state index in [0.717, 1.165) is 0 Å². The molecule has 0 aliphatic heterocycles. The van der Waals surface area contributed by atoms with E-state index in [-0.39, 0.29) is 18.0 Å². The fourth-order valence-corrected chi connectivity index (χ4v) is 1.31. The number of hydrogen-bond donors (Lipinski definition) is 0. The minimum atomic E-state index is -0.343. The van der Waals surface area contributed by atoms with Gasteiger partial charge < -0.3 is 4.42 Å². The van der Waals surface area contributed by atoms with Gasteiger partial charge in [0.25, 0.3) is 0 Å². The molecule has 0 N–H and O–H groups in total. The van der Waals surface area contributed by atoms with E-state index in [4.69, 9.17) is 4.42 Å². The van der Waals surface area contributed by atoms with Gasteiger partial charge in [-0.05, 0) is 36.4 Å². The van der Waals surface area contributed by atoms with Crippen molar-refractivity contribution in [3.05, 3.63) is 59.8 Å². The van der Waals surface area contributed by atoms with Crippen molar-refractivity contribution in [1.29, 1.82) is 0 Å². The van der Waals surface area contributed by atoms with Gasteiger partial charge in [0, 0.05) is 5.56 Å². The number of halogens is 1. The Bertz CT molecular complexity index is 443. The summed E-state index contributed by atoms with van der Waals surface area (Å²) in [5.74, 6) is 0.193. The molecule has 1 aromatic heterocycles. The molecule has 0 spiro atoms. The number of ketones is 1. The number of carbonyl (C=O) groups is 1. The molecule has 0 amide bonds. The largest absolute Gasteiger partial charge is 0.469 e. The lowest BCUT2D eigenvalue weighted by molar-refractivity contribution is 0.0987. The Balaban J connectivity index is 2.11. The zero-order chi connectivity index (χ0) is 10.7. The zero-order valence-electron chi connectivity index (χ0n) is 7.94. The van der Waals surface area contributed by atoms with Gasteiger partial charge in [0.1, 0.15) is 11.6 Å². The van der Waals surface area contributed by atoms with Crippen LogP contribution in [0.1, 0.15) is 16.1 Å². The fraction of sp³-hybridized carbons (Fsp3) is 0.0833. The molecule has 0 saturated heterocycles. The number of benzene rings is 1. The van der Waals surface area contributed by atoms with E-state index in [1.807, 2.05) is 0 Å². The molecule has 0 bridgehead atoms. The highest BCUT2D eigenvalue weighted by Crippen LogP contribution is 2.09. The van der Waals surface area contributed by atoms with Gasteiger partial charge in [-0.25, -0.2) is 4.39 Å². The maximum Gasteiger partial charge on any atom is 0.170 e. The van der Waals surface area contributed by atoms with Crippen LogP contribution in [0.3, 0.4) is 0 Å². The smallest absolute Gasteiger partial charge is 0.170 e. The third kappa shape index (κ3) is 2.31. The second-order valence-electron chi connectivity index (χ2n) is 3.19. The van der Waals surface area contributed by atoms with Crippen molar-refractivity contribution < 1.29 is 13.6 Å². The van der Waals surface area contributed by atoms with Crippen molar-refractivity contribution in [3.63, 3.8) is 0 Å². The highest BCUT2D eigenvalue weighted by atomic mass is 19.1. The summed E-state index contributed by atoms with van der Waals surface area (Å²) in [5, 5.41) is 0. The second kappa shape index (κ2) is 4.09. The first-order valence-corrected chi connectivity index (χ1v) is 4.57. The summed E-state index contributed by atoms with van der Waals surface area (Å²) >= 11 is 0. The van der Waals surface area contributed by atoms with Crippen LogP contribution in [0.5, 0.6) is 0 Å². The van der Waals surface area contributed by atoms with Crippen molar-refractivity contribution in [1.82, 2.24) is 0 Å². The molecule has 0 radical (unpaired) electrons. The van der Waals surface area contributed by atoms with Crippen molar-refractivity contribution in [2.75, 3.05) is 0 Å². The highest BCUT2D eigenvalue weighted by Gasteiger charge is 2.08. The summed E-state index contributed by atoms with van der Waals surface area (Å²) in [5.41, 5.74) is 0.493. The second-order valence-corrected chi connectivity index (χ2v) is 3.19. The van der Waals surface area contributed by atoms with Crippen molar-refractivity contribution in [2.45, 2.75) is 6.42 Å². The Morgan fingerprint density at radius 1 is 1.20 bits per heavy atom. The Kier molecular flexibility index (Phi) is 2.63. The van der Waals surface area contributed by atoms with Crippen LogP contribution in [0.15, 0.2) is 47.1 Å². The van der Waals surface area contributed by atoms with E-state index in [1.165, 1.54) is 30.5 Å². The SMILES string of the molecule is O=C(Cc1ccco1)c1ccc(F)cc1. The maximum atomic E-state index is 12.6. The lowest BCUT2D eigenvalue weighted by atomic mass is 10.1. The first-order chi connectivity index (χ1) is 7.25. The average Bonchev–Trinajstić information content (AvgIpc) is 2.71. The Hall–Kier alpha value is -1.90. The molecule has 76 valence electrons. The molecule has 0 aliphatic carbocycles. The average molecular weight is 204 g/mol. The minimum Gasteiger partial charge on any atom is -0.469 e.